The van der Waals surface area contributed by atoms with Crippen LogP contribution in [0.4, 0.5) is 0 Å². The molecule has 0 saturated carbocycles. The van der Waals surface area contributed by atoms with Crippen molar-refractivity contribution in [1.82, 2.24) is 20.4 Å². The Kier molecular flexibility index (Phi) is 11.9. The molecule has 2 aromatic heterocycles. The highest BCUT2D eigenvalue weighted by molar-refractivity contribution is 8.17. The van der Waals surface area contributed by atoms with Crippen LogP contribution in [0, 0.1) is 0 Å². The van der Waals surface area contributed by atoms with E-state index in [-0.39, 0.29) is 0 Å². The summed E-state index contributed by atoms with van der Waals surface area (Å²) in [6, 6.07) is 0. The van der Waals surface area contributed by atoms with Crippen molar-refractivity contribution in [1.29, 1.82) is 0 Å². The average Bonchev–Trinajstić information content (AvgIpc) is 3.25. The molecule has 0 atom stereocenters. The zero-order chi connectivity index (χ0) is 17.7. The van der Waals surface area contributed by atoms with Crippen molar-refractivity contribution in [2.24, 2.45) is 0 Å². The van der Waals surface area contributed by atoms with Gasteiger partial charge in [0.1, 0.15) is 0 Å². The first-order chi connectivity index (χ1) is 12.3. The van der Waals surface area contributed by atoms with Crippen LogP contribution in [-0.2, 0) is 0 Å². The van der Waals surface area contributed by atoms with Gasteiger partial charge in [0.25, 0.3) is 0 Å². The minimum absolute atomic E-state index is 0.907. The molecule has 2 aromatic rings. The van der Waals surface area contributed by atoms with Gasteiger partial charge in [-0.25, -0.2) is 0 Å². The van der Waals surface area contributed by atoms with E-state index in [1.54, 1.807) is 46.2 Å². The predicted molar refractivity (Wildman–Crippen MR) is 117 cm³/mol. The van der Waals surface area contributed by atoms with Crippen LogP contribution in [0.1, 0.15) is 52.4 Å². The third kappa shape index (κ3) is 9.32. The monoisotopic (exact) mass is 452 g/mol. The van der Waals surface area contributed by atoms with Crippen LogP contribution in [0.5, 0.6) is 0 Å². The van der Waals surface area contributed by atoms with E-state index in [1.807, 2.05) is 23.5 Å². The van der Waals surface area contributed by atoms with E-state index in [4.69, 9.17) is 0 Å². The zero-order valence-corrected chi connectivity index (χ0v) is 19.5. The molecule has 25 heavy (non-hydrogen) atoms. The number of hydrogen-bond donors (Lipinski definition) is 0. The van der Waals surface area contributed by atoms with E-state index in [1.165, 1.54) is 38.5 Å². The number of aromatic nitrogens is 4. The molecule has 0 fully saturated rings. The summed E-state index contributed by atoms with van der Waals surface area (Å²) in [6.07, 6.45) is 7.64. The zero-order valence-electron chi connectivity index (χ0n) is 14.6. The maximum Gasteiger partial charge on any atom is 0.175 e. The summed E-state index contributed by atoms with van der Waals surface area (Å²) >= 11 is 10.5. The van der Waals surface area contributed by atoms with E-state index >= 15 is 0 Å². The molecule has 0 aromatic carbocycles. The highest BCUT2D eigenvalue weighted by Crippen LogP contribution is 2.35. The Balaban J connectivity index is 1.62. The first kappa shape index (κ1) is 21.8. The molecule has 0 amide bonds. The number of rotatable bonds is 14. The summed E-state index contributed by atoms with van der Waals surface area (Å²) in [5, 5.41) is 18.0. The van der Waals surface area contributed by atoms with Crippen LogP contribution in [0.3, 0.4) is 0 Å². The number of nitrogens with zero attached hydrogens (tertiary/aromatic N) is 4. The number of thioether (sulfide) groups is 4. The summed E-state index contributed by atoms with van der Waals surface area (Å²) in [7, 11) is 0. The predicted octanol–water partition coefficient (Wildman–Crippen LogP) is 6.80. The molecule has 0 aliphatic rings. The van der Waals surface area contributed by atoms with E-state index in [0.29, 0.717) is 0 Å². The topological polar surface area (TPSA) is 51.6 Å². The highest BCUT2D eigenvalue weighted by atomic mass is 32.2. The third-order valence-electron chi connectivity index (χ3n) is 3.09. The van der Waals surface area contributed by atoms with Gasteiger partial charge in [-0.2, -0.15) is 0 Å². The lowest BCUT2D eigenvalue weighted by Gasteiger charge is -1.95. The largest absolute Gasteiger partial charge is 0.175 e. The second-order valence-corrected chi connectivity index (χ2v) is 12.6. The molecule has 0 aliphatic heterocycles. The molecule has 140 valence electrons. The second kappa shape index (κ2) is 13.7. The van der Waals surface area contributed by atoms with E-state index < -0.39 is 0 Å². The Labute approximate surface area is 175 Å². The van der Waals surface area contributed by atoms with E-state index in [2.05, 4.69) is 34.2 Å². The molecular formula is C15H24N4S6. The molecule has 0 spiro atoms. The highest BCUT2D eigenvalue weighted by Gasteiger charge is 2.08. The van der Waals surface area contributed by atoms with Gasteiger partial charge in [0.05, 0.1) is 5.08 Å². The molecule has 0 radical (unpaired) electrons. The quantitative estimate of drug-likeness (QED) is 0.176. The summed E-state index contributed by atoms with van der Waals surface area (Å²) < 4.78 is 4.27. The lowest BCUT2D eigenvalue weighted by molar-refractivity contribution is 0.778. The van der Waals surface area contributed by atoms with Gasteiger partial charge < -0.3 is 0 Å². The molecule has 10 heteroatoms. The summed E-state index contributed by atoms with van der Waals surface area (Å²) in [5.74, 6) is 2.29. The maximum atomic E-state index is 4.27. The van der Waals surface area contributed by atoms with Crippen molar-refractivity contribution in [2.75, 3.05) is 16.6 Å². The van der Waals surface area contributed by atoms with Gasteiger partial charge >= 0.3 is 0 Å². The Morgan fingerprint density at radius 2 is 1.00 bits per heavy atom. The van der Waals surface area contributed by atoms with Crippen molar-refractivity contribution in [3.63, 3.8) is 0 Å². The SMILES string of the molecule is CCCCCSc1nnc(SCSc2nnc(SCCCCC)s2)s1. The Bertz CT molecular complexity index is 538. The Morgan fingerprint density at radius 1 is 0.600 bits per heavy atom. The van der Waals surface area contributed by atoms with Crippen molar-refractivity contribution >= 4 is 69.7 Å². The van der Waals surface area contributed by atoms with Crippen LogP contribution in [0.2, 0.25) is 0 Å². The fourth-order valence-corrected chi connectivity index (χ4v) is 8.46. The normalized spacial score (nSPS) is 11.3. The fraction of sp³-hybridized carbons (Fsp3) is 0.733. The third-order valence-corrected chi connectivity index (χ3v) is 9.77. The summed E-state index contributed by atoms with van der Waals surface area (Å²) in [5.41, 5.74) is 0. The van der Waals surface area contributed by atoms with Crippen molar-refractivity contribution in [3.8, 4) is 0 Å². The fourth-order valence-electron chi connectivity index (χ4n) is 1.78. The Hall–Kier alpha value is 0.520. The van der Waals surface area contributed by atoms with Gasteiger partial charge in [0.15, 0.2) is 17.4 Å². The molecule has 4 nitrogen and oxygen atoms in total. The van der Waals surface area contributed by atoms with Gasteiger partial charge in [-0.15, -0.1) is 20.4 Å². The van der Waals surface area contributed by atoms with Crippen LogP contribution in [-0.4, -0.2) is 37.0 Å². The minimum atomic E-state index is 0.907. The molecule has 2 heterocycles. The lowest BCUT2D eigenvalue weighted by atomic mass is 10.3. The summed E-state index contributed by atoms with van der Waals surface area (Å²) in [4.78, 5) is 0. The van der Waals surface area contributed by atoms with Crippen LogP contribution >= 0.6 is 69.7 Å². The van der Waals surface area contributed by atoms with E-state index in [0.717, 1.165) is 33.9 Å². The molecule has 2 rings (SSSR count). The maximum absolute atomic E-state index is 4.27. The molecule has 0 bridgehead atoms. The first-order valence-electron chi connectivity index (χ1n) is 8.50. The average molecular weight is 453 g/mol. The van der Waals surface area contributed by atoms with Gasteiger partial charge in [0, 0.05) is 11.5 Å². The molecule has 0 N–H and O–H groups in total. The van der Waals surface area contributed by atoms with Crippen molar-refractivity contribution < 1.29 is 0 Å². The molecule has 0 unspecified atom stereocenters. The van der Waals surface area contributed by atoms with Crippen molar-refractivity contribution in [2.45, 2.75) is 69.7 Å². The summed E-state index contributed by atoms with van der Waals surface area (Å²) in [6.45, 7) is 4.46. The standard InChI is InChI=1S/C15H24N4S6/c1-3-5-7-9-20-12-16-18-14(24-12)22-11-23-15-19-17-13(25-15)21-10-8-6-4-2/h3-11H2,1-2H3. The van der Waals surface area contributed by atoms with Gasteiger partial charge in [-0.05, 0) is 12.8 Å². The molecular weight excluding hydrogens is 429 g/mol. The van der Waals surface area contributed by atoms with Gasteiger partial charge in [-0.1, -0.05) is 109 Å². The molecule has 0 saturated heterocycles. The first-order valence-corrected chi connectivity index (χ1v) is 14.1. The van der Waals surface area contributed by atoms with Gasteiger partial charge in [0.2, 0.25) is 0 Å². The van der Waals surface area contributed by atoms with Crippen LogP contribution < -0.4 is 0 Å². The molecule has 0 aliphatic carbocycles. The van der Waals surface area contributed by atoms with Crippen molar-refractivity contribution in [3.05, 3.63) is 0 Å². The lowest BCUT2D eigenvalue weighted by Crippen LogP contribution is -1.79. The second-order valence-electron chi connectivity index (χ2n) is 5.19. The smallest absolute Gasteiger partial charge is 0.131 e. The van der Waals surface area contributed by atoms with Crippen LogP contribution in [0.15, 0.2) is 17.4 Å². The van der Waals surface area contributed by atoms with E-state index in [9.17, 15) is 0 Å². The van der Waals surface area contributed by atoms with Crippen LogP contribution in [0.25, 0.3) is 0 Å². The number of unbranched alkanes of at least 4 members (excludes halogenated alkanes) is 4. The Morgan fingerprint density at radius 3 is 1.40 bits per heavy atom. The van der Waals surface area contributed by atoms with Gasteiger partial charge in [-0.3, -0.25) is 0 Å². The number of hydrogen-bond acceptors (Lipinski definition) is 10. The minimum Gasteiger partial charge on any atom is -0.131 e.